The molecular formula is C14H13BrClN3O2S. The van der Waals surface area contributed by atoms with E-state index in [1.54, 1.807) is 28.8 Å². The fourth-order valence-corrected chi connectivity index (χ4v) is 3.18. The summed E-state index contributed by atoms with van der Waals surface area (Å²) in [7, 11) is 0. The molecule has 8 heteroatoms. The Hall–Kier alpha value is -1.44. The van der Waals surface area contributed by atoms with Crippen molar-refractivity contribution in [2.24, 2.45) is 4.99 Å². The Morgan fingerprint density at radius 3 is 2.77 bits per heavy atom. The second-order valence-corrected chi connectivity index (χ2v) is 6.03. The molecule has 0 aliphatic carbocycles. The Morgan fingerprint density at radius 2 is 2.09 bits per heavy atom. The number of thiazole rings is 1. The lowest BCUT2D eigenvalue weighted by molar-refractivity contribution is -0.110. The number of amides is 1. The van der Waals surface area contributed by atoms with Crippen LogP contribution in [0.3, 0.4) is 0 Å². The minimum Gasteiger partial charge on any atom is -0.322 e. The zero-order chi connectivity index (χ0) is 14.8. The average molecular weight is 403 g/mol. The Bertz CT molecular complexity index is 858. The van der Waals surface area contributed by atoms with Gasteiger partial charge in [0, 0.05) is 29.9 Å². The van der Waals surface area contributed by atoms with Gasteiger partial charge in [0.05, 0.1) is 0 Å². The molecule has 116 valence electrons. The number of benzene rings is 1. The van der Waals surface area contributed by atoms with Gasteiger partial charge in [-0.3, -0.25) is 19.1 Å². The SMILES string of the molecule is Br.O=C(/C=c1\sc2n(c1=O)CCCN=2)Nc1ccc(Cl)cc1. The van der Waals surface area contributed by atoms with Crippen molar-refractivity contribution < 1.29 is 4.79 Å². The summed E-state index contributed by atoms with van der Waals surface area (Å²) >= 11 is 7.03. The topological polar surface area (TPSA) is 63.5 Å². The molecule has 0 radical (unpaired) electrons. The highest BCUT2D eigenvalue weighted by molar-refractivity contribution is 8.93. The third-order valence-corrected chi connectivity index (χ3v) is 4.35. The molecule has 0 unspecified atom stereocenters. The Kier molecular flexibility index (Phi) is 5.55. The number of fused-ring (bicyclic) bond motifs is 1. The number of carbonyl (C=O) groups is 1. The third-order valence-electron chi connectivity index (χ3n) is 3.05. The van der Waals surface area contributed by atoms with E-state index in [0.717, 1.165) is 13.0 Å². The minimum absolute atomic E-state index is 0. The minimum atomic E-state index is -0.339. The number of hydrogen-bond acceptors (Lipinski definition) is 4. The van der Waals surface area contributed by atoms with Gasteiger partial charge >= 0.3 is 0 Å². The number of nitrogens with zero attached hydrogens (tertiary/aromatic N) is 2. The Labute approximate surface area is 145 Å². The molecule has 1 aliphatic rings. The Balaban J connectivity index is 0.00000176. The van der Waals surface area contributed by atoms with E-state index in [1.165, 1.54) is 17.4 Å². The molecule has 5 nitrogen and oxygen atoms in total. The number of rotatable bonds is 2. The first-order valence-corrected chi connectivity index (χ1v) is 7.65. The predicted molar refractivity (Wildman–Crippen MR) is 93.7 cm³/mol. The van der Waals surface area contributed by atoms with Gasteiger partial charge < -0.3 is 5.32 Å². The highest BCUT2D eigenvalue weighted by atomic mass is 79.9. The summed E-state index contributed by atoms with van der Waals surface area (Å²) in [5.41, 5.74) is 0.483. The lowest BCUT2D eigenvalue weighted by Gasteiger charge is -2.03. The third kappa shape index (κ3) is 3.66. The van der Waals surface area contributed by atoms with E-state index < -0.39 is 0 Å². The van der Waals surface area contributed by atoms with E-state index >= 15 is 0 Å². The monoisotopic (exact) mass is 401 g/mol. The van der Waals surface area contributed by atoms with Crippen LogP contribution in [0.25, 0.3) is 6.08 Å². The van der Waals surface area contributed by atoms with Crippen molar-refractivity contribution in [1.82, 2.24) is 4.57 Å². The van der Waals surface area contributed by atoms with E-state index in [4.69, 9.17) is 11.6 Å². The number of carbonyl (C=O) groups excluding carboxylic acids is 1. The maximum atomic E-state index is 12.1. The average Bonchev–Trinajstić information content (AvgIpc) is 2.78. The molecule has 0 saturated heterocycles. The van der Waals surface area contributed by atoms with Crippen molar-refractivity contribution in [3.05, 3.63) is 49.0 Å². The van der Waals surface area contributed by atoms with E-state index in [2.05, 4.69) is 10.3 Å². The van der Waals surface area contributed by atoms with E-state index in [-0.39, 0.29) is 28.4 Å². The van der Waals surface area contributed by atoms with Gasteiger partial charge in [0.2, 0.25) is 5.91 Å². The molecule has 1 aliphatic heterocycles. The quantitative estimate of drug-likeness (QED) is 0.829. The summed E-state index contributed by atoms with van der Waals surface area (Å²) in [6.45, 7) is 1.40. The van der Waals surface area contributed by atoms with Crippen molar-refractivity contribution in [2.75, 3.05) is 11.9 Å². The molecule has 1 aromatic carbocycles. The predicted octanol–water partition coefficient (Wildman–Crippen LogP) is 1.58. The van der Waals surface area contributed by atoms with Crippen molar-refractivity contribution in [2.45, 2.75) is 13.0 Å². The maximum Gasteiger partial charge on any atom is 0.270 e. The van der Waals surface area contributed by atoms with Crippen molar-refractivity contribution in [3.8, 4) is 0 Å². The molecule has 0 atom stereocenters. The van der Waals surface area contributed by atoms with Crippen molar-refractivity contribution >= 4 is 57.6 Å². The largest absolute Gasteiger partial charge is 0.322 e. The molecule has 1 amide bonds. The van der Waals surface area contributed by atoms with Crippen LogP contribution in [0.5, 0.6) is 0 Å². The van der Waals surface area contributed by atoms with Crippen LogP contribution in [-0.4, -0.2) is 17.0 Å². The van der Waals surface area contributed by atoms with Crippen molar-refractivity contribution in [1.29, 1.82) is 0 Å². The molecule has 0 spiro atoms. The standard InChI is InChI=1S/C14H12ClN3O2S.BrH/c15-9-2-4-10(5-3-9)17-12(19)8-11-13(20)18-7-1-6-16-14(18)21-11;/h2-5,8H,1,6-7H2,(H,17,19);1H/b11-8-;. The highest BCUT2D eigenvalue weighted by Gasteiger charge is 2.09. The van der Waals surface area contributed by atoms with Crippen LogP contribution in [-0.2, 0) is 11.3 Å². The summed E-state index contributed by atoms with van der Waals surface area (Å²) < 4.78 is 2.03. The molecular weight excluding hydrogens is 390 g/mol. The summed E-state index contributed by atoms with van der Waals surface area (Å²) in [5, 5.41) is 3.30. The van der Waals surface area contributed by atoms with Gasteiger partial charge in [-0.2, -0.15) is 0 Å². The molecule has 1 aromatic heterocycles. The fourth-order valence-electron chi connectivity index (χ4n) is 2.06. The van der Waals surface area contributed by atoms with Crippen LogP contribution in [0.15, 0.2) is 34.1 Å². The molecule has 2 aromatic rings. The van der Waals surface area contributed by atoms with E-state index in [0.29, 0.717) is 26.6 Å². The zero-order valence-electron chi connectivity index (χ0n) is 11.4. The summed E-state index contributed by atoms with van der Waals surface area (Å²) in [6, 6.07) is 6.79. The van der Waals surface area contributed by atoms with Crippen LogP contribution >= 0.6 is 39.9 Å². The molecule has 0 bridgehead atoms. The number of aromatic nitrogens is 1. The summed E-state index contributed by atoms with van der Waals surface area (Å²) in [4.78, 5) is 29.1. The van der Waals surface area contributed by atoms with Crippen LogP contribution in [0.2, 0.25) is 5.02 Å². The first-order chi connectivity index (χ1) is 10.1. The van der Waals surface area contributed by atoms with E-state index in [9.17, 15) is 9.59 Å². The number of nitrogens with one attached hydrogen (secondary N) is 1. The van der Waals surface area contributed by atoms with Gasteiger partial charge in [-0.1, -0.05) is 22.9 Å². The van der Waals surface area contributed by atoms with Gasteiger partial charge in [0.1, 0.15) is 4.53 Å². The van der Waals surface area contributed by atoms with Crippen LogP contribution < -0.4 is 20.2 Å². The smallest absolute Gasteiger partial charge is 0.270 e. The van der Waals surface area contributed by atoms with Gasteiger partial charge in [0.15, 0.2) is 4.80 Å². The molecule has 0 fully saturated rings. The molecule has 2 heterocycles. The number of halogens is 2. The van der Waals surface area contributed by atoms with Crippen LogP contribution in [0, 0.1) is 0 Å². The van der Waals surface area contributed by atoms with Crippen molar-refractivity contribution in [3.63, 3.8) is 0 Å². The second kappa shape index (κ2) is 7.21. The number of anilines is 1. The summed E-state index contributed by atoms with van der Waals surface area (Å²) in [5.74, 6) is -0.339. The van der Waals surface area contributed by atoms with Gasteiger partial charge in [-0.05, 0) is 30.7 Å². The van der Waals surface area contributed by atoms with Crippen LogP contribution in [0.1, 0.15) is 6.42 Å². The second-order valence-electron chi connectivity index (χ2n) is 4.58. The van der Waals surface area contributed by atoms with E-state index in [1.807, 2.05) is 0 Å². The number of hydrogen-bond donors (Lipinski definition) is 1. The highest BCUT2D eigenvalue weighted by Crippen LogP contribution is 2.13. The first-order valence-electron chi connectivity index (χ1n) is 6.46. The molecule has 1 N–H and O–H groups in total. The molecule has 0 saturated carbocycles. The van der Waals surface area contributed by atoms with Gasteiger partial charge in [-0.15, -0.1) is 17.0 Å². The normalized spacial score (nSPS) is 13.8. The maximum absolute atomic E-state index is 12.1. The van der Waals surface area contributed by atoms with Gasteiger partial charge in [-0.25, -0.2) is 0 Å². The lowest BCUT2D eigenvalue weighted by Crippen LogP contribution is -2.34. The molecule has 22 heavy (non-hydrogen) atoms. The first kappa shape index (κ1) is 16.9. The molecule has 3 rings (SSSR count). The van der Waals surface area contributed by atoms with Crippen LogP contribution in [0.4, 0.5) is 5.69 Å². The summed E-state index contributed by atoms with van der Waals surface area (Å²) in [6.07, 6.45) is 2.18. The Morgan fingerprint density at radius 1 is 1.36 bits per heavy atom. The van der Waals surface area contributed by atoms with Gasteiger partial charge in [0.25, 0.3) is 5.56 Å². The zero-order valence-corrected chi connectivity index (χ0v) is 14.7. The lowest BCUT2D eigenvalue weighted by atomic mass is 10.3. The fraction of sp³-hybridized carbons (Fsp3) is 0.214.